The maximum Gasteiger partial charge on any atom is 0.335 e. The number of aromatic carboxylic acids is 1. The molecule has 0 bridgehead atoms. The summed E-state index contributed by atoms with van der Waals surface area (Å²) in [5, 5.41) is 8.79. The van der Waals surface area contributed by atoms with Crippen LogP contribution < -0.4 is 0 Å². The summed E-state index contributed by atoms with van der Waals surface area (Å²) in [4.78, 5) is 24.5. The minimum atomic E-state index is -1.24. The number of methoxy groups -OCH3 is 1. The van der Waals surface area contributed by atoms with E-state index in [9.17, 15) is 14.0 Å². The van der Waals surface area contributed by atoms with Crippen LogP contribution in [0.5, 0.6) is 0 Å². The van der Waals surface area contributed by atoms with Crippen LogP contribution in [0, 0.1) is 5.82 Å². The Bertz CT molecular complexity index is 546. The van der Waals surface area contributed by atoms with Crippen molar-refractivity contribution in [1.82, 2.24) is 4.90 Å². The van der Waals surface area contributed by atoms with Crippen molar-refractivity contribution >= 4 is 11.9 Å². The van der Waals surface area contributed by atoms with E-state index in [-0.39, 0.29) is 17.2 Å². The number of carboxylic acids is 1. The van der Waals surface area contributed by atoms with Crippen LogP contribution in [-0.2, 0) is 9.47 Å². The number of ether oxygens (including phenoxy) is 2. The number of nitrogens with zero attached hydrogens (tertiary/aromatic N) is 1. The Labute approximate surface area is 121 Å². The first-order chi connectivity index (χ1) is 10.0. The lowest BCUT2D eigenvalue weighted by Gasteiger charge is -2.32. The molecule has 114 valence electrons. The number of halogens is 1. The van der Waals surface area contributed by atoms with Crippen LogP contribution in [0.1, 0.15) is 20.7 Å². The molecule has 2 rings (SSSR count). The maximum absolute atomic E-state index is 13.9. The van der Waals surface area contributed by atoms with Gasteiger partial charge < -0.3 is 19.5 Å². The van der Waals surface area contributed by atoms with E-state index < -0.39 is 17.7 Å². The lowest BCUT2D eigenvalue weighted by Crippen LogP contribution is -2.47. The van der Waals surface area contributed by atoms with Crippen LogP contribution >= 0.6 is 0 Å². The van der Waals surface area contributed by atoms with Crippen LogP contribution in [0.2, 0.25) is 0 Å². The fraction of sp³-hybridized carbons (Fsp3) is 0.429. The van der Waals surface area contributed by atoms with Gasteiger partial charge >= 0.3 is 5.97 Å². The third-order valence-electron chi connectivity index (χ3n) is 3.22. The molecular formula is C14H16FNO5. The van der Waals surface area contributed by atoms with Crippen LogP contribution in [0.15, 0.2) is 18.2 Å². The van der Waals surface area contributed by atoms with E-state index in [0.717, 1.165) is 6.07 Å². The number of hydrogen-bond acceptors (Lipinski definition) is 4. The zero-order valence-corrected chi connectivity index (χ0v) is 11.5. The molecule has 1 aromatic carbocycles. The van der Waals surface area contributed by atoms with Crippen LogP contribution in [0.25, 0.3) is 0 Å². The quantitative estimate of drug-likeness (QED) is 0.897. The van der Waals surface area contributed by atoms with Gasteiger partial charge in [0.15, 0.2) is 0 Å². The first-order valence-corrected chi connectivity index (χ1v) is 6.45. The predicted molar refractivity (Wildman–Crippen MR) is 70.9 cm³/mol. The molecule has 0 radical (unpaired) electrons. The van der Waals surface area contributed by atoms with Gasteiger partial charge in [0.1, 0.15) is 5.82 Å². The summed E-state index contributed by atoms with van der Waals surface area (Å²) < 4.78 is 24.3. The number of carboxylic acid groups (broad SMARTS) is 1. The van der Waals surface area contributed by atoms with Gasteiger partial charge in [0.2, 0.25) is 0 Å². The first kappa shape index (κ1) is 15.4. The molecule has 0 aliphatic carbocycles. The van der Waals surface area contributed by atoms with Gasteiger partial charge in [-0.2, -0.15) is 0 Å². The van der Waals surface area contributed by atoms with E-state index in [2.05, 4.69) is 0 Å². The van der Waals surface area contributed by atoms with Crippen molar-refractivity contribution in [3.63, 3.8) is 0 Å². The highest BCUT2D eigenvalue weighted by Crippen LogP contribution is 2.15. The van der Waals surface area contributed by atoms with Crippen molar-refractivity contribution in [2.75, 3.05) is 33.4 Å². The molecular weight excluding hydrogens is 281 g/mol. The topological polar surface area (TPSA) is 76.1 Å². The largest absolute Gasteiger partial charge is 0.478 e. The van der Waals surface area contributed by atoms with Crippen molar-refractivity contribution in [2.24, 2.45) is 0 Å². The second-order valence-electron chi connectivity index (χ2n) is 4.70. The van der Waals surface area contributed by atoms with Gasteiger partial charge in [0.05, 0.1) is 30.4 Å². The lowest BCUT2D eigenvalue weighted by molar-refractivity contribution is -0.0531. The van der Waals surface area contributed by atoms with E-state index in [1.807, 2.05) is 0 Å². The average Bonchev–Trinajstić information content (AvgIpc) is 2.47. The highest BCUT2D eigenvalue weighted by atomic mass is 19.1. The number of benzene rings is 1. The number of carbonyl (C=O) groups is 2. The fourth-order valence-electron chi connectivity index (χ4n) is 2.18. The molecule has 1 aromatic rings. The molecule has 21 heavy (non-hydrogen) atoms. The summed E-state index contributed by atoms with van der Waals surface area (Å²) in [6.07, 6.45) is -0.242. The molecule has 1 unspecified atom stereocenters. The van der Waals surface area contributed by atoms with Gasteiger partial charge in [-0.05, 0) is 18.2 Å². The Morgan fingerprint density at radius 1 is 1.52 bits per heavy atom. The highest BCUT2D eigenvalue weighted by molar-refractivity contribution is 5.96. The van der Waals surface area contributed by atoms with E-state index in [4.69, 9.17) is 14.6 Å². The zero-order valence-electron chi connectivity index (χ0n) is 11.5. The zero-order chi connectivity index (χ0) is 15.4. The van der Waals surface area contributed by atoms with E-state index in [1.54, 1.807) is 0 Å². The molecule has 1 N–H and O–H groups in total. The Kier molecular flexibility index (Phi) is 4.87. The van der Waals surface area contributed by atoms with Crippen molar-refractivity contribution in [2.45, 2.75) is 6.10 Å². The first-order valence-electron chi connectivity index (χ1n) is 6.45. The van der Waals surface area contributed by atoms with E-state index >= 15 is 0 Å². The second-order valence-corrected chi connectivity index (χ2v) is 4.70. The van der Waals surface area contributed by atoms with Crippen molar-refractivity contribution in [3.8, 4) is 0 Å². The summed E-state index contributed by atoms with van der Waals surface area (Å²) in [6, 6.07) is 3.26. The molecule has 1 saturated heterocycles. The molecule has 0 aromatic heterocycles. The number of amides is 1. The second kappa shape index (κ2) is 6.64. The Morgan fingerprint density at radius 2 is 2.29 bits per heavy atom. The average molecular weight is 297 g/mol. The summed E-state index contributed by atoms with van der Waals surface area (Å²) in [5.74, 6) is -2.55. The van der Waals surface area contributed by atoms with Gasteiger partial charge in [-0.1, -0.05) is 0 Å². The molecule has 1 aliphatic heterocycles. The molecule has 7 heteroatoms. The normalized spacial score (nSPS) is 18.6. The number of morpholine rings is 1. The van der Waals surface area contributed by atoms with Gasteiger partial charge in [0, 0.05) is 20.2 Å². The van der Waals surface area contributed by atoms with E-state index in [0.29, 0.717) is 26.3 Å². The molecule has 6 nitrogen and oxygen atoms in total. The smallest absolute Gasteiger partial charge is 0.335 e. The molecule has 1 aliphatic rings. The molecule has 1 heterocycles. The molecule has 0 saturated carbocycles. The minimum absolute atomic E-state index is 0.141. The number of rotatable bonds is 4. The Morgan fingerprint density at radius 3 is 2.90 bits per heavy atom. The highest BCUT2D eigenvalue weighted by Gasteiger charge is 2.26. The Hall–Kier alpha value is -1.99. The van der Waals surface area contributed by atoms with Crippen LogP contribution in [0.3, 0.4) is 0 Å². The van der Waals surface area contributed by atoms with E-state index in [1.165, 1.54) is 24.1 Å². The number of carbonyl (C=O) groups excluding carboxylic acids is 1. The van der Waals surface area contributed by atoms with Crippen molar-refractivity contribution in [1.29, 1.82) is 0 Å². The predicted octanol–water partition coefficient (Wildman–Crippen LogP) is 1.01. The van der Waals surface area contributed by atoms with Gasteiger partial charge in [-0.15, -0.1) is 0 Å². The summed E-state index contributed by atoms with van der Waals surface area (Å²) in [5.41, 5.74) is -0.332. The maximum atomic E-state index is 13.9. The lowest BCUT2D eigenvalue weighted by atomic mass is 10.1. The molecule has 1 amide bonds. The van der Waals surface area contributed by atoms with Crippen LogP contribution in [0.4, 0.5) is 4.39 Å². The Balaban J connectivity index is 2.14. The fourth-order valence-corrected chi connectivity index (χ4v) is 2.18. The SMILES string of the molecule is COCC1CN(C(=O)c2ccc(C(=O)O)cc2F)CCO1. The summed E-state index contributed by atoms with van der Waals surface area (Å²) in [7, 11) is 1.54. The third kappa shape index (κ3) is 3.56. The monoisotopic (exact) mass is 297 g/mol. The third-order valence-corrected chi connectivity index (χ3v) is 3.22. The summed E-state index contributed by atoms with van der Waals surface area (Å²) >= 11 is 0. The molecule has 0 spiro atoms. The van der Waals surface area contributed by atoms with Crippen molar-refractivity contribution < 1.29 is 28.6 Å². The van der Waals surface area contributed by atoms with Gasteiger partial charge in [-0.3, -0.25) is 4.79 Å². The molecule has 1 fully saturated rings. The summed E-state index contributed by atoms with van der Waals surface area (Å²) in [6.45, 7) is 1.38. The molecule has 1 atom stereocenters. The minimum Gasteiger partial charge on any atom is -0.478 e. The van der Waals surface area contributed by atoms with Gasteiger partial charge in [-0.25, -0.2) is 9.18 Å². The number of hydrogen-bond donors (Lipinski definition) is 1. The standard InChI is InChI=1S/C14H16FNO5/c1-20-8-10-7-16(4-5-21-10)13(17)11-3-2-9(14(18)19)6-12(11)15/h2-3,6,10H,4-5,7-8H2,1H3,(H,18,19). The van der Waals surface area contributed by atoms with Crippen molar-refractivity contribution in [3.05, 3.63) is 35.1 Å². The van der Waals surface area contributed by atoms with Gasteiger partial charge in [0.25, 0.3) is 5.91 Å². The van der Waals surface area contributed by atoms with Crippen LogP contribution in [-0.4, -0.2) is 61.4 Å².